The van der Waals surface area contributed by atoms with Crippen LogP contribution in [0.2, 0.25) is 0 Å². The first-order valence-corrected chi connectivity index (χ1v) is 10.8. The van der Waals surface area contributed by atoms with Crippen LogP contribution >= 0.6 is 0 Å². The summed E-state index contributed by atoms with van der Waals surface area (Å²) in [6, 6.07) is 3.09. The molecule has 3 aromatic heterocycles. The number of nitrogens with zero attached hydrogens (tertiary/aromatic N) is 5. The molecule has 11 heteroatoms. The van der Waals surface area contributed by atoms with Crippen molar-refractivity contribution >= 4 is 11.6 Å². The summed E-state index contributed by atoms with van der Waals surface area (Å²) < 4.78 is 52.0. The van der Waals surface area contributed by atoms with Crippen LogP contribution in [0.5, 0.6) is 0 Å². The summed E-state index contributed by atoms with van der Waals surface area (Å²) in [6.07, 6.45) is 5.01. The third-order valence-corrected chi connectivity index (χ3v) is 6.65. The molecule has 8 nitrogen and oxygen atoms in total. The van der Waals surface area contributed by atoms with Crippen molar-refractivity contribution in [2.75, 3.05) is 0 Å². The lowest BCUT2D eigenvalue weighted by atomic mass is 9.76. The molecule has 1 amide bonds. The van der Waals surface area contributed by atoms with Gasteiger partial charge in [-0.1, -0.05) is 6.07 Å². The Hall–Kier alpha value is -3.05. The molecule has 0 aromatic carbocycles. The van der Waals surface area contributed by atoms with Crippen LogP contribution in [-0.4, -0.2) is 48.1 Å². The van der Waals surface area contributed by atoms with Gasteiger partial charge in [0, 0.05) is 37.6 Å². The molecule has 3 aliphatic rings. The summed E-state index contributed by atoms with van der Waals surface area (Å²) in [6.45, 7) is 0.222. The smallest absolute Gasteiger partial charge is 0.373 e. The van der Waals surface area contributed by atoms with Gasteiger partial charge in [-0.2, -0.15) is 13.2 Å². The average molecular weight is 459 g/mol. The summed E-state index contributed by atoms with van der Waals surface area (Å²) in [7, 11) is 0. The minimum absolute atomic E-state index is 0.0278. The highest BCUT2D eigenvalue weighted by molar-refractivity contribution is 5.89. The van der Waals surface area contributed by atoms with Gasteiger partial charge in [-0.3, -0.25) is 14.8 Å². The second-order valence-electron chi connectivity index (χ2n) is 8.77. The first-order chi connectivity index (χ1) is 15.8. The maximum Gasteiger partial charge on any atom is 0.434 e. The SMILES string of the molecule is O=C1N2C(CC[C@H]2c2cnccn2)OC12CC(OCc1ccc3nc(C(F)(F)F)cn3c1)C2. The van der Waals surface area contributed by atoms with Gasteiger partial charge >= 0.3 is 6.18 Å². The van der Waals surface area contributed by atoms with E-state index in [4.69, 9.17) is 9.47 Å². The number of pyridine rings is 1. The Morgan fingerprint density at radius 2 is 2.03 bits per heavy atom. The third-order valence-electron chi connectivity index (χ3n) is 6.65. The minimum Gasteiger partial charge on any atom is -0.373 e. The van der Waals surface area contributed by atoms with Crippen molar-refractivity contribution in [1.82, 2.24) is 24.3 Å². The molecule has 0 bridgehead atoms. The van der Waals surface area contributed by atoms with Crippen LogP contribution < -0.4 is 0 Å². The first-order valence-electron chi connectivity index (χ1n) is 10.8. The monoisotopic (exact) mass is 459 g/mol. The van der Waals surface area contributed by atoms with E-state index in [0.717, 1.165) is 30.3 Å². The van der Waals surface area contributed by atoms with E-state index in [1.165, 1.54) is 10.5 Å². The number of hydrogen-bond donors (Lipinski definition) is 0. The van der Waals surface area contributed by atoms with Crippen molar-refractivity contribution in [3.05, 3.63) is 60.1 Å². The van der Waals surface area contributed by atoms with E-state index in [1.54, 1.807) is 35.8 Å². The number of imidazole rings is 1. The highest BCUT2D eigenvalue weighted by Crippen LogP contribution is 2.51. The molecule has 2 atom stereocenters. The minimum atomic E-state index is -4.49. The molecule has 33 heavy (non-hydrogen) atoms. The van der Waals surface area contributed by atoms with Crippen LogP contribution in [0.1, 0.15) is 48.7 Å². The van der Waals surface area contributed by atoms with Gasteiger partial charge in [-0.05, 0) is 24.5 Å². The molecule has 1 unspecified atom stereocenters. The predicted molar refractivity (Wildman–Crippen MR) is 106 cm³/mol. The second kappa shape index (κ2) is 7.22. The molecule has 5 heterocycles. The lowest BCUT2D eigenvalue weighted by molar-refractivity contribution is -0.177. The zero-order valence-corrected chi connectivity index (χ0v) is 17.4. The normalized spacial score (nSPS) is 29.1. The van der Waals surface area contributed by atoms with Gasteiger partial charge in [-0.25, -0.2) is 4.98 Å². The molecular formula is C22H20F3N5O3. The Labute approximate surface area is 186 Å². The number of fused-ring (bicyclic) bond motifs is 2. The van der Waals surface area contributed by atoms with E-state index in [0.29, 0.717) is 12.8 Å². The van der Waals surface area contributed by atoms with Crippen LogP contribution in [0.4, 0.5) is 13.2 Å². The number of hydrogen-bond acceptors (Lipinski definition) is 6. The molecular weight excluding hydrogens is 439 g/mol. The number of carbonyl (C=O) groups excluding carboxylic acids is 1. The average Bonchev–Trinajstić information content (AvgIpc) is 3.45. The third kappa shape index (κ3) is 3.37. The van der Waals surface area contributed by atoms with Gasteiger partial charge in [0.2, 0.25) is 0 Å². The van der Waals surface area contributed by atoms with Gasteiger partial charge in [-0.15, -0.1) is 0 Å². The summed E-state index contributed by atoms with van der Waals surface area (Å²) in [4.78, 5) is 27.1. The largest absolute Gasteiger partial charge is 0.434 e. The van der Waals surface area contributed by atoms with Crippen LogP contribution in [0.25, 0.3) is 5.65 Å². The number of alkyl halides is 3. The van der Waals surface area contributed by atoms with E-state index < -0.39 is 17.5 Å². The van der Waals surface area contributed by atoms with Gasteiger partial charge in [0.25, 0.3) is 5.91 Å². The van der Waals surface area contributed by atoms with Crippen LogP contribution in [0.15, 0.2) is 43.1 Å². The summed E-state index contributed by atoms with van der Waals surface area (Å²) in [5, 5.41) is 0. The van der Waals surface area contributed by atoms with Crippen molar-refractivity contribution in [2.24, 2.45) is 0 Å². The molecule has 2 aliphatic heterocycles. The lowest BCUT2D eigenvalue weighted by Gasteiger charge is -2.42. The van der Waals surface area contributed by atoms with Crippen molar-refractivity contribution in [3.63, 3.8) is 0 Å². The Kier molecular flexibility index (Phi) is 4.50. The molecule has 1 saturated carbocycles. The Bertz CT molecular complexity index is 1210. The highest BCUT2D eigenvalue weighted by atomic mass is 19.4. The van der Waals surface area contributed by atoms with Gasteiger partial charge in [0.05, 0.1) is 30.6 Å². The summed E-state index contributed by atoms with van der Waals surface area (Å²) in [5.74, 6) is -0.0278. The molecule has 0 radical (unpaired) electrons. The van der Waals surface area contributed by atoms with E-state index in [9.17, 15) is 18.0 Å². The van der Waals surface area contributed by atoms with E-state index in [2.05, 4.69) is 15.0 Å². The Morgan fingerprint density at radius 3 is 2.79 bits per heavy atom. The molecule has 172 valence electrons. The fourth-order valence-electron chi connectivity index (χ4n) is 5.02. The van der Waals surface area contributed by atoms with Crippen molar-refractivity contribution < 1.29 is 27.4 Å². The highest BCUT2D eigenvalue weighted by Gasteiger charge is 2.63. The van der Waals surface area contributed by atoms with E-state index >= 15 is 0 Å². The molecule has 3 aromatic rings. The number of carbonyl (C=O) groups is 1. The second-order valence-corrected chi connectivity index (χ2v) is 8.77. The zero-order valence-electron chi connectivity index (χ0n) is 17.4. The molecule has 3 fully saturated rings. The van der Waals surface area contributed by atoms with E-state index in [-0.39, 0.29) is 36.5 Å². The molecule has 0 N–H and O–H groups in total. The van der Waals surface area contributed by atoms with Crippen molar-refractivity contribution in [1.29, 1.82) is 0 Å². The molecule has 6 rings (SSSR count). The number of amides is 1. The number of aromatic nitrogens is 4. The van der Waals surface area contributed by atoms with Crippen molar-refractivity contribution in [3.8, 4) is 0 Å². The van der Waals surface area contributed by atoms with Crippen LogP contribution in [-0.2, 0) is 27.1 Å². The number of ether oxygens (including phenoxy) is 2. The van der Waals surface area contributed by atoms with Crippen molar-refractivity contribution in [2.45, 2.75) is 62.4 Å². The zero-order chi connectivity index (χ0) is 22.8. The fourth-order valence-corrected chi connectivity index (χ4v) is 5.02. The lowest BCUT2D eigenvalue weighted by Crippen LogP contribution is -2.54. The van der Waals surface area contributed by atoms with Gasteiger partial charge in [0.15, 0.2) is 11.3 Å². The topological polar surface area (TPSA) is 81.9 Å². The Morgan fingerprint density at radius 1 is 1.18 bits per heavy atom. The first kappa shape index (κ1) is 20.5. The van der Waals surface area contributed by atoms with Gasteiger partial charge in [0.1, 0.15) is 11.9 Å². The predicted octanol–water partition coefficient (Wildman–Crippen LogP) is 3.28. The van der Waals surface area contributed by atoms with Gasteiger partial charge < -0.3 is 18.8 Å². The van der Waals surface area contributed by atoms with E-state index in [1.807, 2.05) is 0 Å². The molecule has 1 aliphatic carbocycles. The fraction of sp³-hybridized carbons (Fsp3) is 0.455. The maximum atomic E-state index is 13.2. The summed E-state index contributed by atoms with van der Waals surface area (Å²) in [5.41, 5.74) is -0.0801. The number of rotatable bonds is 4. The summed E-state index contributed by atoms with van der Waals surface area (Å²) >= 11 is 0. The maximum absolute atomic E-state index is 13.2. The Balaban J connectivity index is 1.09. The van der Waals surface area contributed by atoms with Crippen LogP contribution in [0, 0.1) is 0 Å². The van der Waals surface area contributed by atoms with Crippen LogP contribution in [0.3, 0.4) is 0 Å². The number of halogens is 3. The molecule has 1 spiro atoms. The quantitative estimate of drug-likeness (QED) is 0.596. The molecule has 2 saturated heterocycles. The standard InChI is InChI=1S/C22H20F3N5O3/c23-22(24,25)17-11-29-10-13(1-3-18(29)28-17)12-32-14-7-21(8-14)20(31)30-16(2-4-19(30)33-21)15-9-26-5-6-27-15/h1,3,5-6,9-11,14,16,19H,2,4,7-8,12H2/t14?,16-,19?,21?/m0/s1.